The molecule has 0 aromatic carbocycles. The zero-order chi connectivity index (χ0) is 24.5. The first kappa shape index (κ1) is 23.4. The highest BCUT2D eigenvalue weighted by Gasteiger charge is 2.42. The number of pyridine rings is 1. The molecule has 182 valence electrons. The molecule has 35 heavy (non-hydrogen) atoms. The molecule has 1 saturated heterocycles. The van der Waals surface area contributed by atoms with Gasteiger partial charge >= 0.3 is 0 Å². The SMILES string of the molecule is C=Cc1cc(-c2c(C3CC3)nc(N3CCN(C(=O)CCOC)C(C4CC4)C3)c(C#N)c2C)cnn1. The Labute approximate surface area is 206 Å². The van der Waals surface area contributed by atoms with Crippen molar-refractivity contribution in [1.29, 1.82) is 5.26 Å². The topological polar surface area (TPSA) is 95.2 Å². The third-order valence-corrected chi connectivity index (χ3v) is 7.43. The average Bonchev–Trinajstić information content (AvgIpc) is 3.79. The minimum atomic E-state index is 0.158. The number of methoxy groups -OCH3 is 1. The predicted molar refractivity (Wildman–Crippen MR) is 134 cm³/mol. The van der Waals surface area contributed by atoms with E-state index in [2.05, 4.69) is 27.7 Å². The van der Waals surface area contributed by atoms with Gasteiger partial charge in [-0.1, -0.05) is 6.58 Å². The van der Waals surface area contributed by atoms with Gasteiger partial charge in [-0.15, -0.1) is 0 Å². The molecule has 1 unspecified atom stereocenters. The van der Waals surface area contributed by atoms with E-state index < -0.39 is 0 Å². The van der Waals surface area contributed by atoms with Crippen LogP contribution in [0.1, 0.15) is 60.5 Å². The zero-order valence-corrected chi connectivity index (χ0v) is 20.5. The van der Waals surface area contributed by atoms with E-state index in [1.54, 1.807) is 19.4 Å². The summed E-state index contributed by atoms with van der Waals surface area (Å²) >= 11 is 0. The molecule has 5 rings (SSSR count). The molecule has 1 amide bonds. The van der Waals surface area contributed by atoms with Gasteiger partial charge in [-0.3, -0.25) is 4.79 Å². The zero-order valence-electron chi connectivity index (χ0n) is 20.5. The second-order valence-corrected chi connectivity index (χ2v) is 9.84. The van der Waals surface area contributed by atoms with Gasteiger partial charge in [0.25, 0.3) is 0 Å². The Morgan fingerprint density at radius 1 is 1.31 bits per heavy atom. The van der Waals surface area contributed by atoms with Gasteiger partial charge < -0.3 is 14.5 Å². The summed E-state index contributed by atoms with van der Waals surface area (Å²) in [7, 11) is 1.63. The molecule has 8 heteroatoms. The first-order valence-electron chi connectivity index (χ1n) is 12.5. The molecule has 0 N–H and O–H groups in total. The lowest BCUT2D eigenvalue weighted by atomic mass is 9.94. The van der Waals surface area contributed by atoms with Crippen LogP contribution in [0.5, 0.6) is 0 Å². The van der Waals surface area contributed by atoms with Gasteiger partial charge in [0, 0.05) is 43.8 Å². The third-order valence-electron chi connectivity index (χ3n) is 7.43. The quantitative estimate of drug-likeness (QED) is 0.578. The van der Waals surface area contributed by atoms with Crippen LogP contribution in [0.3, 0.4) is 0 Å². The molecule has 2 saturated carbocycles. The van der Waals surface area contributed by atoms with Gasteiger partial charge in [0.15, 0.2) is 0 Å². The highest BCUT2D eigenvalue weighted by atomic mass is 16.5. The average molecular weight is 473 g/mol. The molecule has 2 aliphatic carbocycles. The maximum absolute atomic E-state index is 12.9. The molecule has 0 bridgehead atoms. The predicted octanol–water partition coefficient (Wildman–Crippen LogP) is 3.70. The van der Waals surface area contributed by atoms with Crippen molar-refractivity contribution >= 4 is 17.8 Å². The van der Waals surface area contributed by atoms with Gasteiger partial charge in [-0.25, -0.2) is 4.98 Å². The lowest BCUT2D eigenvalue weighted by Gasteiger charge is -2.43. The number of amides is 1. The summed E-state index contributed by atoms with van der Waals surface area (Å²) in [6.07, 6.45) is 8.34. The van der Waals surface area contributed by atoms with Gasteiger partial charge in [0.05, 0.1) is 42.2 Å². The number of nitriles is 1. The number of piperazine rings is 1. The van der Waals surface area contributed by atoms with Crippen molar-refractivity contribution < 1.29 is 9.53 Å². The van der Waals surface area contributed by atoms with Crippen LogP contribution < -0.4 is 4.90 Å². The summed E-state index contributed by atoms with van der Waals surface area (Å²) in [6.45, 7) is 8.31. The fraction of sp³-hybridized carbons (Fsp3) is 0.519. The summed E-state index contributed by atoms with van der Waals surface area (Å²) < 4.78 is 5.13. The number of nitrogens with zero attached hydrogens (tertiary/aromatic N) is 6. The van der Waals surface area contributed by atoms with Crippen molar-refractivity contribution in [2.24, 2.45) is 5.92 Å². The van der Waals surface area contributed by atoms with Crippen molar-refractivity contribution in [3.63, 3.8) is 0 Å². The number of hydrogen-bond acceptors (Lipinski definition) is 7. The van der Waals surface area contributed by atoms with E-state index >= 15 is 0 Å². The fourth-order valence-corrected chi connectivity index (χ4v) is 5.24. The number of anilines is 1. The van der Waals surface area contributed by atoms with Crippen LogP contribution in [0, 0.1) is 24.2 Å². The van der Waals surface area contributed by atoms with Crippen molar-refractivity contribution in [2.45, 2.75) is 51.0 Å². The van der Waals surface area contributed by atoms with E-state index in [4.69, 9.17) is 9.72 Å². The number of carbonyl (C=O) groups is 1. The lowest BCUT2D eigenvalue weighted by Crippen LogP contribution is -2.56. The largest absolute Gasteiger partial charge is 0.384 e. The van der Waals surface area contributed by atoms with Crippen molar-refractivity contribution in [2.75, 3.05) is 38.3 Å². The second kappa shape index (κ2) is 9.74. The van der Waals surface area contributed by atoms with Crippen molar-refractivity contribution in [3.8, 4) is 17.2 Å². The molecule has 3 heterocycles. The maximum atomic E-state index is 12.9. The Hall–Kier alpha value is -3.31. The summed E-state index contributed by atoms with van der Waals surface area (Å²) in [5.41, 5.74) is 5.21. The summed E-state index contributed by atoms with van der Waals surface area (Å²) in [5.74, 6) is 1.84. The number of aromatic nitrogens is 3. The molecule has 8 nitrogen and oxygen atoms in total. The normalized spacial score (nSPS) is 20.0. The summed E-state index contributed by atoms with van der Waals surface area (Å²) in [6, 6.07) is 4.57. The smallest absolute Gasteiger partial charge is 0.225 e. The molecule has 3 aliphatic rings. The van der Waals surface area contributed by atoms with Crippen LogP contribution in [-0.4, -0.2) is 65.4 Å². The molecule has 1 atom stereocenters. The molecule has 0 radical (unpaired) electrons. The van der Waals surface area contributed by atoms with Crippen LogP contribution in [0.2, 0.25) is 0 Å². The fourth-order valence-electron chi connectivity index (χ4n) is 5.24. The van der Waals surface area contributed by atoms with E-state index in [9.17, 15) is 10.1 Å². The Balaban J connectivity index is 1.51. The monoisotopic (exact) mass is 472 g/mol. The highest BCUT2D eigenvalue weighted by Crippen LogP contribution is 2.47. The number of ether oxygens (including phenoxy) is 1. The third kappa shape index (κ3) is 4.65. The Bertz CT molecular complexity index is 1180. The molecule has 0 spiro atoms. The van der Waals surface area contributed by atoms with E-state index in [1.807, 2.05) is 17.9 Å². The first-order chi connectivity index (χ1) is 17.0. The second-order valence-electron chi connectivity index (χ2n) is 9.84. The molecule has 2 aromatic rings. The van der Waals surface area contributed by atoms with Crippen LogP contribution >= 0.6 is 0 Å². The van der Waals surface area contributed by atoms with E-state index in [0.29, 0.717) is 55.8 Å². The lowest BCUT2D eigenvalue weighted by molar-refractivity contribution is -0.135. The van der Waals surface area contributed by atoms with Gasteiger partial charge in [0.2, 0.25) is 5.91 Å². The van der Waals surface area contributed by atoms with E-state index in [0.717, 1.165) is 53.9 Å². The highest BCUT2D eigenvalue weighted by molar-refractivity contribution is 5.79. The molecule has 1 aliphatic heterocycles. The van der Waals surface area contributed by atoms with E-state index in [1.165, 1.54) is 0 Å². The molecular formula is C27H32N6O2. The first-order valence-corrected chi connectivity index (χ1v) is 12.5. The van der Waals surface area contributed by atoms with Gasteiger partial charge in [-0.2, -0.15) is 15.5 Å². The van der Waals surface area contributed by atoms with Crippen molar-refractivity contribution in [3.05, 3.63) is 41.4 Å². The number of hydrogen-bond donors (Lipinski definition) is 0. The number of carbonyl (C=O) groups excluding carboxylic acids is 1. The Kier molecular flexibility index (Phi) is 6.52. The summed E-state index contributed by atoms with van der Waals surface area (Å²) in [4.78, 5) is 22.3. The minimum Gasteiger partial charge on any atom is -0.384 e. The van der Waals surface area contributed by atoms with Crippen LogP contribution in [0.15, 0.2) is 18.8 Å². The number of rotatable bonds is 8. The maximum Gasteiger partial charge on any atom is 0.225 e. The Morgan fingerprint density at radius 3 is 2.77 bits per heavy atom. The summed E-state index contributed by atoms with van der Waals surface area (Å²) in [5, 5.41) is 18.5. The minimum absolute atomic E-state index is 0.158. The molecule has 3 fully saturated rings. The van der Waals surface area contributed by atoms with Gasteiger partial charge in [-0.05, 0) is 56.2 Å². The standard InChI is InChI=1S/C27H32N6O2/c1-4-21-13-20(15-29-31-21)25-17(2)22(14-28)27(30-26(25)19-7-8-19)32-10-11-33(24(34)9-12-35-3)23(16-32)18-5-6-18/h4,13,15,18-19,23H,1,5-12,16H2,2-3H3. The molecular weight excluding hydrogens is 440 g/mol. The van der Waals surface area contributed by atoms with Gasteiger partial charge in [0.1, 0.15) is 11.9 Å². The van der Waals surface area contributed by atoms with Crippen LogP contribution in [0.25, 0.3) is 17.2 Å². The van der Waals surface area contributed by atoms with E-state index in [-0.39, 0.29) is 11.9 Å². The van der Waals surface area contributed by atoms with Crippen LogP contribution in [0.4, 0.5) is 5.82 Å². The molecule has 2 aromatic heterocycles. The van der Waals surface area contributed by atoms with Crippen molar-refractivity contribution in [1.82, 2.24) is 20.1 Å². The Morgan fingerprint density at radius 2 is 2.11 bits per heavy atom. The van der Waals surface area contributed by atoms with Crippen LogP contribution in [-0.2, 0) is 9.53 Å².